The molecular formula is C11H20N4O2S. The van der Waals surface area contributed by atoms with Gasteiger partial charge in [0.1, 0.15) is 5.69 Å². The summed E-state index contributed by atoms with van der Waals surface area (Å²) in [4.78, 5) is 15.7. The van der Waals surface area contributed by atoms with E-state index in [2.05, 4.69) is 10.3 Å². The lowest BCUT2D eigenvalue weighted by Crippen LogP contribution is -2.26. The highest BCUT2D eigenvalue weighted by Gasteiger charge is 2.07. The zero-order valence-corrected chi connectivity index (χ0v) is 11.2. The second kappa shape index (κ2) is 8.96. The number of aliphatic hydroxyl groups excluding tert-OH is 1. The molecule has 1 heterocycles. The topological polar surface area (TPSA) is 93.2 Å². The summed E-state index contributed by atoms with van der Waals surface area (Å²) in [5.41, 5.74) is 5.83. The molecule has 0 atom stereocenters. The number of hydrogen-bond donors (Lipinski definition) is 3. The van der Waals surface area contributed by atoms with E-state index in [4.69, 9.17) is 10.8 Å². The van der Waals surface area contributed by atoms with E-state index in [1.165, 1.54) is 0 Å². The molecule has 1 aromatic rings. The van der Waals surface area contributed by atoms with Crippen LogP contribution in [0.3, 0.4) is 0 Å². The van der Waals surface area contributed by atoms with Gasteiger partial charge in [-0.2, -0.15) is 11.8 Å². The van der Waals surface area contributed by atoms with Gasteiger partial charge in [-0.05, 0) is 12.2 Å². The van der Waals surface area contributed by atoms with Crippen LogP contribution in [0.5, 0.6) is 0 Å². The van der Waals surface area contributed by atoms with Crippen molar-refractivity contribution in [2.24, 2.45) is 5.73 Å². The lowest BCUT2D eigenvalue weighted by molar-refractivity contribution is 0.0951. The highest BCUT2D eigenvalue weighted by Crippen LogP contribution is 2.01. The van der Waals surface area contributed by atoms with Crippen LogP contribution < -0.4 is 11.1 Å². The monoisotopic (exact) mass is 272 g/mol. The van der Waals surface area contributed by atoms with Crippen molar-refractivity contribution in [1.82, 2.24) is 14.9 Å². The Morgan fingerprint density at radius 1 is 1.56 bits per heavy atom. The minimum absolute atomic E-state index is 0.159. The van der Waals surface area contributed by atoms with Gasteiger partial charge in [0.2, 0.25) is 0 Å². The lowest BCUT2D eigenvalue weighted by atomic mass is 10.4. The molecule has 0 aliphatic rings. The molecule has 1 amide bonds. The molecule has 1 aromatic heterocycles. The number of aromatic nitrogens is 2. The molecule has 0 aliphatic carbocycles. The van der Waals surface area contributed by atoms with Gasteiger partial charge in [-0.3, -0.25) is 4.79 Å². The molecular weight excluding hydrogens is 252 g/mol. The smallest absolute Gasteiger partial charge is 0.271 e. The van der Waals surface area contributed by atoms with Gasteiger partial charge in [-0.25, -0.2) is 4.98 Å². The van der Waals surface area contributed by atoms with Crippen LogP contribution in [0.25, 0.3) is 0 Å². The van der Waals surface area contributed by atoms with Crippen LogP contribution in [0.2, 0.25) is 0 Å². The van der Waals surface area contributed by atoms with E-state index in [1.807, 2.05) is 0 Å². The highest BCUT2D eigenvalue weighted by atomic mass is 32.2. The first-order chi connectivity index (χ1) is 8.77. The fraction of sp³-hybridized carbons (Fsp3) is 0.636. The third kappa shape index (κ3) is 5.52. The SMILES string of the molecule is NCCn1cnc(C(=O)NCCSCCCO)c1. The number of hydrogen-bond acceptors (Lipinski definition) is 5. The predicted octanol–water partition coefficient (Wildman–Crippen LogP) is -0.313. The summed E-state index contributed by atoms with van der Waals surface area (Å²) in [5.74, 6) is 1.60. The molecule has 0 bridgehead atoms. The second-order valence-electron chi connectivity index (χ2n) is 3.73. The van der Waals surface area contributed by atoms with Gasteiger partial charge in [0, 0.05) is 38.2 Å². The normalized spacial score (nSPS) is 10.6. The van der Waals surface area contributed by atoms with Gasteiger partial charge >= 0.3 is 0 Å². The van der Waals surface area contributed by atoms with Crippen LogP contribution in [0.15, 0.2) is 12.5 Å². The number of aliphatic hydroxyl groups is 1. The van der Waals surface area contributed by atoms with Gasteiger partial charge in [0.25, 0.3) is 5.91 Å². The third-order valence-electron chi connectivity index (χ3n) is 2.23. The first-order valence-electron chi connectivity index (χ1n) is 5.96. The molecule has 102 valence electrons. The van der Waals surface area contributed by atoms with Crippen molar-refractivity contribution in [3.63, 3.8) is 0 Å². The van der Waals surface area contributed by atoms with Crippen molar-refractivity contribution in [2.75, 3.05) is 31.2 Å². The molecule has 0 saturated carbocycles. The Labute approximate surface area is 111 Å². The van der Waals surface area contributed by atoms with Crippen molar-refractivity contribution in [3.05, 3.63) is 18.2 Å². The molecule has 0 fully saturated rings. The first kappa shape index (κ1) is 15.0. The third-order valence-corrected chi connectivity index (χ3v) is 3.30. The van der Waals surface area contributed by atoms with Gasteiger partial charge in [-0.15, -0.1) is 0 Å². The standard InChI is InChI=1S/C11H20N4O2S/c12-2-4-15-8-10(14-9-15)11(17)13-3-7-18-6-1-5-16/h8-9,16H,1-7,12H2,(H,13,17). The summed E-state index contributed by atoms with van der Waals surface area (Å²) in [6.07, 6.45) is 4.10. The largest absolute Gasteiger partial charge is 0.396 e. The lowest BCUT2D eigenvalue weighted by Gasteiger charge is -2.02. The minimum atomic E-state index is -0.159. The Hall–Kier alpha value is -1.05. The number of nitrogens with zero attached hydrogens (tertiary/aromatic N) is 2. The first-order valence-corrected chi connectivity index (χ1v) is 7.12. The summed E-state index contributed by atoms with van der Waals surface area (Å²) >= 11 is 1.71. The van der Waals surface area contributed by atoms with Crippen LogP contribution in [-0.2, 0) is 6.54 Å². The summed E-state index contributed by atoms with van der Waals surface area (Å²) in [7, 11) is 0. The van der Waals surface area contributed by atoms with Crippen molar-refractivity contribution in [3.8, 4) is 0 Å². The number of carbonyl (C=O) groups is 1. The second-order valence-corrected chi connectivity index (χ2v) is 4.96. The molecule has 18 heavy (non-hydrogen) atoms. The summed E-state index contributed by atoms with van der Waals surface area (Å²) in [6.45, 7) is 2.02. The van der Waals surface area contributed by atoms with Crippen LogP contribution in [0, 0.1) is 0 Å². The van der Waals surface area contributed by atoms with Crippen molar-refractivity contribution in [1.29, 1.82) is 0 Å². The van der Waals surface area contributed by atoms with E-state index < -0.39 is 0 Å². The number of amides is 1. The maximum Gasteiger partial charge on any atom is 0.271 e. The van der Waals surface area contributed by atoms with E-state index >= 15 is 0 Å². The molecule has 0 radical (unpaired) electrons. The molecule has 0 unspecified atom stereocenters. The molecule has 0 saturated heterocycles. The molecule has 6 nitrogen and oxygen atoms in total. The Morgan fingerprint density at radius 3 is 3.11 bits per heavy atom. The number of rotatable bonds is 9. The zero-order chi connectivity index (χ0) is 13.2. The molecule has 0 spiro atoms. The quantitative estimate of drug-likeness (QED) is 0.536. The number of carbonyl (C=O) groups excluding carboxylic acids is 1. The van der Waals surface area contributed by atoms with Gasteiger partial charge < -0.3 is 20.7 Å². The van der Waals surface area contributed by atoms with Gasteiger partial charge in [0.15, 0.2) is 0 Å². The van der Waals surface area contributed by atoms with Crippen LogP contribution in [0.4, 0.5) is 0 Å². The number of nitrogens with one attached hydrogen (secondary N) is 1. The number of nitrogens with two attached hydrogens (primary N) is 1. The van der Waals surface area contributed by atoms with Gasteiger partial charge in [-0.1, -0.05) is 0 Å². The highest BCUT2D eigenvalue weighted by molar-refractivity contribution is 7.99. The fourth-order valence-electron chi connectivity index (χ4n) is 1.34. The predicted molar refractivity (Wildman–Crippen MR) is 72.6 cm³/mol. The van der Waals surface area contributed by atoms with Crippen LogP contribution >= 0.6 is 11.8 Å². The van der Waals surface area contributed by atoms with E-state index in [0.717, 1.165) is 17.9 Å². The van der Waals surface area contributed by atoms with Crippen molar-refractivity contribution in [2.45, 2.75) is 13.0 Å². The average molecular weight is 272 g/mol. The van der Waals surface area contributed by atoms with Crippen molar-refractivity contribution >= 4 is 17.7 Å². The van der Waals surface area contributed by atoms with Crippen molar-refractivity contribution < 1.29 is 9.90 Å². The van der Waals surface area contributed by atoms with Crippen LogP contribution in [0.1, 0.15) is 16.9 Å². The van der Waals surface area contributed by atoms with E-state index in [9.17, 15) is 4.79 Å². The van der Waals surface area contributed by atoms with E-state index in [1.54, 1.807) is 28.9 Å². The minimum Gasteiger partial charge on any atom is -0.396 e. The molecule has 1 rings (SSSR count). The number of imidazole rings is 1. The summed E-state index contributed by atoms with van der Waals surface area (Å²) in [6, 6.07) is 0. The van der Waals surface area contributed by atoms with Gasteiger partial charge in [0.05, 0.1) is 6.33 Å². The molecule has 0 aromatic carbocycles. The maximum absolute atomic E-state index is 11.7. The Bertz CT molecular complexity index is 357. The number of thioether (sulfide) groups is 1. The Morgan fingerprint density at radius 2 is 2.39 bits per heavy atom. The molecule has 7 heteroatoms. The zero-order valence-electron chi connectivity index (χ0n) is 10.3. The molecule has 4 N–H and O–H groups in total. The van der Waals surface area contributed by atoms with Crippen LogP contribution in [-0.4, -0.2) is 51.8 Å². The molecule has 0 aliphatic heterocycles. The summed E-state index contributed by atoms with van der Waals surface area (Å²) in [5, 5.41) is 11.4. The van der Waals surface area contributed by atoms with E-state index in [-0.39, 0.29) is 12.5 Å². The van der Waals surface area contributed by atoms with E-state index in [0.29, 0.717) is 25.3 Å². The Kier molecular flexibility index (Phi) is 7.47. The maximum atomic E-state index is 11.7. The summed E-state index contributed by atoms with van der Waals surface area (Å²) < 4.78 is 1.80. The fourth-order valence-corrected chi connectivity index (χ4v) is 2.13. The Balaban J connectivity index is 2.19. The average Bonchev–Trinajstić information content (AvgIpc) is 2.82.